The minimum Gasteiger partial charge on any atom is -0.496 e. The van der Waals surface area contributed by atoms with Crippen molar-refractivity contribution in [3.8, 4) is 22.6 Å². The van der Waals surface area contributed by atoms with Crippen LogP contribution in [0.3, 0.4) is 0 Å². The second kappa shape index (κ2) is 9.93. The van der Waals surface area contributed by atoms with Gasteiger partial charge in [-0.1, -0.05) is 24.3 Å². The highest BCUT2D eigenvalue weighted by Gasteiger charge is 2.20. The van der Waals surface area contributed by atoms with Crippen LogP contribution in [0, 0.1) is 11.6 Å². The summed E-state index contributed by atoms with van der Waals surface area (Å²) in [6, 6.07) is 14.4. The van der Waals surface area contributed by atoms with E-state index in [1.165, 1.54) is 26.4 Å². The Balaban J connectivity index is 1.61. The van der Waals surface area contributed by atoms with E-state index in [0.717, 1.165) is 22.5 Å². The summed E-state index contributed by atoms with van der Waals surface area (Å²) in [6.07, 6.45) is 2.27. The molecule has 0 saturated heterocycles. The van der Waals surface area contributed by atoms with E-state index in [2.05, 4.69) is 10.3 Å². The molecule has 1 amide bonds. The number of rotatable bonds is 8. The number of fused-ring (bicyclic) bond motifs is 1. The fourth-order valence-corrected chi connectivity index (χ4v) is 3.93. The number of aromatic amines is 1. The van der Waals surface area contributed by atoms with Gasteiger partial charge in [-0.2, -0.15) is 4.39 Å². The van der Waals surface area contributed by atoms with E-state index in [9.17, 15) is 18.7 Å². The molecule has 0 aliphatic heterocycles. The van der Waals surface area contributed by atoms with Crippen LogP contribution in [0.5, 0.6) is 11.5 Å². The minimum atomic E-state index is -1.08. The van der Waals surface area contributed by atoms with Crippen molar-refractivity contribution in [3.05, 3.63) is 83.6 Å². The molecule has 0 fully saturated rings. The standard InChI is InChI=1S/C26H24F2N2O4/c1-33-23-8-7-15(16-11-21(27)25(28)24(12-16)34-2)10-20(23)26(32)30-18(14-31)9-17-13-29-22-6-4-3-5-19(17)22/h3-8,10-13,18,29,31H,9,14H2,1-2H3,(H,30,32)/t18-/m1/s1. The number of nitrogens with one attached hydrogen (secondary N) is 2. The van der Waals surface area contributed by atoms with Crippen LogP contribution in [0.4, 0.5) is 8.78 Å². The van der Waals surface area contributed by atoms with E-state index in [1.54, 1.807) is 12.1 Å². The largest absolute Gasteiger partial charge is 0.496 e. The smallest absolute Gasteiger partial charge is 0.255 e. The minimum absolute atomic E-state index is 0.195. The Morgan fingerprint density at radius 3 is 2.53 bits per heavy atom. The van der Waals surface area contributed by atoms with Crippen molar-refractivity contribution in [3.63, 3.8) is 0 Å². The number of amides is 1. The zero-order chi connectivity index (χ0) is 24.2. The summed E-state index contributed by atoms with van der Waals surface area (Å²) >= 11 is 0. The first-order valence-electron chi connectivity index (χ1n) is 10.6. The number of aliphatic hydroxyl groups is 1. The zero-order valence-corrected chi connectivity index (χ0v) is 18.7. The average Bonchev–Trinajstić information content (AvgIpc) is 3.27. The van der Waals surface area contributed by atoms with Crippen molar-refractivity contribution in [2.24, 2.45) is 0 Å². The van der Waals surface area contributed by atoms with E-state index in [1.807, 2.05) is 30.5 Å². The summed E-state index contributed by atoms with van der Waals surface area (Å²) in [4.78, 5) is 16.3. The molecule has 0 aliphatic carbocycles. The molecule has 3 aromatic carbocycles. The van der Waals surface area contributed by atoms with Gasteiger partial charge in [0.05, 0.1) is 32.4 Å². The molecule has 0 radical (unpaired) electrons. The molecule has 0 spiro atoms. The van der Waals surface area contributed by atoms with Crippen molar-refractivity contribution in [1.82, 2.24) is 10.3 Å². The Morgan fingerprint density at radius 2 is 1.79 bits per heavy atom. The molecule has 1 atom stereocenters. The molecule has 3 N–H and O–H groups in total. The third-order valence-corrected chi connectivity index (χ3v) is 5.69. The number of H-pyrrole nitrogens is 1. The van der Waals surface area contributed by atoms with Crippen molar-refractivity contribution < 1.29 is 28.2 Å². The lowest BCUT2D eigenvalue weighted by Crippen LogP contribution is -2.39. The van der Waals surface area contributed by atoms with Gasteiger partial charge >= 0.3 is 0 Å². The van der Waals surface area contributed by atoms with E-state index in [4.69, 9.17) is 9.47 Å². The Labute approximate surface area is 195 Å². The lowest BCUT2D eigenvalue weighted by molar-refractivity contribution is 0.0913. The third kappa shape index (κ3) is 4.58. The van der Waals surface area contributed by atoms with Gasteiger partial charge in [0, 0.05) is 17.1 Å². The quantitative estimate of drug-likeness (QED) is 0.358. The van der Waals surface area contributed by atoms with Crippen LogP contribution in [0.15, 0.2) is 60.8 Å². The number of carbonyl (C=O) groups is 1. The Morgan fingerprint density at radius 1 is 1.03 bits per heavy atom. The van der Waals surface area contributed by atoms with Crippen LogP contribution in [0.25, 0.3) is 22.0 Å². The Kier molecular flexibility index (Phi) is 6.79. The van der Waals surface area contributed by atoms with Gasteiger partial charge in [0.1, 0.15) is 5.75 Å². The molecule has 0 unspecified atom stereocenters. The fraction of sp³-hybridized carbons (Fsp3) is 0.192. The fourth-order valence-electron chi connectivity index (χ4n) is 3.93. The van der Waals surface area contributed by atoms with Gasteiger partial charge in [0.2, 0.25) is 5.82 Å². The summed E-state index contributed by atoms with van der Waals surface area (Å²) in [5, 5.41) is 13.8. The number of methoxy groups -OCH3 is 2. The highest BCUT2D eigenvalue weighted by atomic mass is 19.2. The van der Waals surface area contributed by atoms with Crippen LogP contribution >= 0.6 is 0 Å². The monoisotopic (exact) mass is 466 g/mol. The van der Waals surface area contributed by atoms with E-state index in [0.29, 0.717) is 23.3 Å². The molecule has 8 heteroatoms. The van der Waals surface area contributed by atoms with Crippen LogP contribution in [0.1, 0.15) is 15.9 Å². The molecular weight excluding hydrogens is 442 g/mol. The summed E-state index contributed by atoms with van der Waals surface area (Å²) in [5.74, 6) is -2.54. The summed E-state index contributed by atoms with van der Waals surface area (Å²) in [7, 11) is 2.68. The van der Waals surface area contributed by atoms with Crippen LogP contribution in [-0.4, -0.2) is 42.9 Å². The molecule has 6 nitrogen and oxygen atoms in total. The number of carbonyl (C=O) groups excluding carboxylic acids is 1. The van der Waals surface area contributed by atoms with Crippen molar-refractivity contribution in [2.75, 3.05) is 20.8 Å². The number of benzene rings is 3. The summed E-state index contributed by atoms with van der Waals surface area (Å²) in [5.41, 5.74) is 2.94. The molecule has 1 aromatic heterocycles. The number of aromatic nitrogens is 1. The van der Waals surface area contributed by atoms with Crippen molar-refractivity contribution in [2.45, 2.75) is 12.5 Å². The maximum Gasteiger partial charge on any atom is 0.255 e. The lowest BCUT2D eigenvalue weighted by atomic mass is 10.0. The molecule has 176 valence electrons. The van der Waals surface area contributed by atoms with E-state index < -0.39 is 23.6 Å². The second-order valence-corrected chi connectivity index (χ2v) is 7.81. The normalized spacial score (nSPS) is 11.9. The molecule has 4 aromatic rings. The van der Waals surface area contributed by atoms with Gasteiger partial charge < -0.3 is 24.9 Å². The molecule has 4 rings (SSSR count). The van der Waals surface area contributed by atoms with Crippen molar-refractivity contribution >= 4 is 16.8 Å². The van der Waals surface area contributed by atoms with Gasteiger partial charge in [-0.05, 0) is 53.4 Å². The van der Waals surface area contributed by atoms with Gasteiger partial charge in [-0.25, -0.2) is 4.39 Å². The highest BCUT2D eigenvalue weighted by molar-refractivity contribution is 5.98. The molecule has 34 heavy (non-hydrogen) atoms. The SMILES string of the molecule is COc1ccc(-c2cc(F)c(F)c(OC)c2)cc1C(=O)N[C@@H](CO)Cc1c[nH]c2ccccc12. The van der Waals surface area contributed by atoms with Crippen LogP contribution in [0.2, 0.25) is 0 Å². The number of hydrogen-bond donors (Lipinski definition) is 3. The predicted octanol–water partition coefficient (Wildman–Crippen LogP) is 4.46. The Hall–Kier alpha value is -3.91. The van der Waals surface area contributed by atoms with Gasteiger partial charge in [0.15, 0.2) is 11.6 Å². The molecular formula is C26H24F2N2O4. The highest BCUT2D eigenvalue weighted by Crippen LogP contribution is 2.32. The first-order chi connectivity index (χ1) is 16.4. The van der Waals surface area contributed by atoms with Crippen LogP contribution in [-0.2, 0) is 6.42 Å². The first kappa shape index (κ1) is 23.3. The second-order valence-electron chi connectivity index (χ2n) is 7.81. The number of halogens is 2. The number of aliphatic hydroxyl groups excluding tert-OH is 1. The maximum absolute atomic E-state index is 14.0. The van der Waals surface area contributed by atoms with Crippen molar-refractivity contribution in [1.29, 1.82) is 0 Å². The third-order valence-electron chi connectivity index (χ3n) is 5.69. The number of ether oxygens (including phenoxy) is 2. The average molecular weight is 466 g/mol. The Bertz CT molecular complexity index is 1340. The zero-order valence-electron chi connectivity index (χ0n) is 18.7. The molecule has 0 aliphatic rings. The van der Waals surface area contributed by atoms with Gasteiger partial charge in [-0.15, -0.1) is 0 Å². The maximum atomic E-state index is 14.0. The van der Waals surface area contributed by atoms with E-state index in [-0.39, 0.29) is 17.9 Å². The molecule has 0 bridgehead atoms. The lowest BCUT2D eigenvalue weighted by Gasteiger charge is -2.18. The summed E-state index contributed by atoms with van der Waals surface area (Å²) in [6.45, 7) is -0.270. The van der Waals surface area contributed by atoms with Crippen LogP contribution < -0.4 is 14.8 Å². The van der Waals surface area contributed by atoms with Gasteiger partial charge in [0.25, 0.3) is 5.91 Å². The molecule has 1 heterocycles. The topological polar surface area (TPSA) is 83.6 Å². The predicted molar refractivity (Wildman–Crippen MR) is 125 cm³/mol. The summed E-state index contributed by atoms with van der Waals surface area (Å²) < 4.78 is 38.1. The number of hydrogen-bond acceptors (Lipinski definition) is 4. The molecule has 0 saturated carbocycles. The first-order valence-corrected chi connectivity index (χ1v) is 10.6. The van der Waals surface area contributed by atoms with E-state index >= 15 is 0 Å². The van der Waals surface area contributed by atoms with Gasteiger partial charge in [-0.3, -0.25) is 4.79 Å². The number of para-hydroxylation sites is 1.